The first-order valence-electron chi connectivity index (χ1n) is 5.99. The van der Waals surface area contributed by atoms with Crippen LogP contribution in [0, 0.1) is 6.92 Å². The van der Waals surface area contributed by atoms with Crippen LogP contribution in [-0.2, 0) is 11.8 Å². The van der Waals surface area contributed by atoms with E-state index in [0.29, 0.717) is 0 Å². The molecule has 0 amide bonds. The molecule has 2 rings (SSSR count). The molecule has 2 aromatic carbocycles. The van der Waals surface area contributed by atoms with Gasteiger partial charge >= 0.3 is 0 Å². The van der Waals surface area contributed by atoms with Crippen LogP contribution in [0.3, 0.4) is 0 Å². The van der Waals surface area contributed by atoms with Crippen LogP contribution in [0.15, 0.2) is 42.5 Å². The first kappa shape index (κ1) is 12.4. The Balaban J connectivity index is 2.35. The maximum absolute atomic E-state index is 3.47. The van der Waals surface area contributed by atoms with Gasteiger partial charge in [0.2, 0.25) is 0 Å². The number of hydrogen-bond donors (Lipinski definition) is 0. The summed E-state index contributed by atoms with van der Waals surface area (Å²) in [5.41, 5.74) is 6.73. The predicted molar refractivity (Wildman–Crippen MR) is 78.6 cm³/mol. The molecule has 0 fully saturated rings. The average Bonchev–Trinajstić information content (AvgIpc) is 2.39. The maximum atomic E-state index is 3.47. The molecule has 0 bridgehead atoms. The van der Waals surface area contributed by atoms with Gasteiger partial charge in [0.15, 0.2) is 0 Å². The van der Waals surface area contributed by atoms with Crippen molar-refractivity contribution in [3.63, 3.8) is 0 Å². The molecule has 0 nitrogen and oxygen atoms in total. The van der Waals surface area contributed by atoms with Gasteiger partial charge in [0.25, 0.3) is 0 Å². The summed E-state index contributed by atoms with van der Waals surface area (Å²) in [4.78, 5) is 0. The molecule has 0 radical (unpaired) electrons. The Labute approximate surface area is 112 Å². The fourth-order valence-electron chi connectivity index (χ4n) is 2.06. The zero-order valence-corrected chi connectivity index (χ0v) is 11.9. The van der Waals surface area contributed by atoms with Crippen molar-refractivity contribution < 1.29 is 0 Å². The predicted octanol–water partition coefficient (Wildman–Crippen LogP) is 5.12. The molecule has 0 spiro atoms. The van der Waals surface area contributed by atoms with E-state index in [4.69, 9.17) is 0 Å². The summed E-state index contributed by atoms with van der Waals surface area (Å²) in [6.45, 7) is 4.39. The van der Waals surface area contributed by atoms with E-state index >= 15 is 0 Å². The zero-order chi connectivity index (χ0) is 12.3. The second-order valence-corrected chi connectivity index (χ2v) is 4.89. The van der Waals surface area contributed by atoms with Crippen molar-refractivity contribution in [3.05, 3.63) is 59.2 Å². The lowest BCUT2D eigenvalue weighted by atomic mass is 9.98. The third-order valence-corrected chi connectivity index (χ3v) is 3.81. The van der Waals surface area contributed by atoms with Gasteiger partial charge in [-0.2, -0.15) is 0 Å². The topological polar surface area (TPSA) is 0 Å². The molecule has 88 valence electrons. The summed E-state index contributed by atoms with van der Waals surface area (Å²) in [5, 5.41) is 0.918. The molecule has 0 unspecified atom stereocenters. The monoisotopic (exact) mass is 288 g/mol. The van der Waals surface area contributed by atoms with Gasteiger partial charge in [0, 0.05) is 5.33 Å². The molecule has 0 atom stereocenters. The Morgan fingerprint density at radius 3 is 2.12 bits per heavy atom. The van der Waals surface area contributed by atoms with E-state index in [9.17, 15) is 0 Å². The van der Waals surface area contributed by atoms with Crippen LogP contribution in [-0.4, -0.2) is 0 Å². The zero-order valence-electron chi connectivity index (χ0n) is 10.3. The molecular formula is C16H17Br. The molecule has 0 N–H and O–H groups in total. The quantitative estimate of drug-likeness (QED) is 0.688. The van der Waals surface area contributed by atoms with E-state index in [2.05, 4.69) is 72.2 Å². The second-order valence-electron chi connectivity index (χ2n) is 4.33. The van der Waals surface area contributed by atoms with E-state index in [1.54, 1.807) is 0 Å². The molecular weight excluding hydrogens is 272 g/mol. The Morgan fingerprint density at radius 1 is 0.941 bits per heavy atom. The minimum Gasteiger partial charge on any atom is -0.0876 e. The molecule has 0 heterocycles. The van der Waals surface area contributed by atoms with Gasteiger partial charge in [-0.25, -0.2) is 0 Å². The minimum atomic E-state index is 0.918. The normalized spacial score (nSPS) is 10.5. The van der Waals surface area contributed by atoms with Crippen LogP contribution in [0.4, 0.5) is 0 Å². The lowest BCUT2D eigenvalue weighted by molar-refractivity contribution is 1.11. The molecule has 0 aliphatic carbocycles. The van der Waals surface area contributed by atoms with E-state index in [1.165, 1.54) is 27.8 Å². The maximum Gasteiger partial charge on any atom is 0.0283 e. The van der Waals surface area contributed by atoms with Gasteiger partial charge in [0.1, 0.15) is 0 Å². The van der Waals surface area contributed by atoms with Crippen molar-refractivity contribution in [2.45, 2.75) is 25.6 Å². The first-order valence-corrected chi connectivity index (χ1v) is 7.11. The lowest BCUT2D eigenvalue weighted by Gasteiger charge is -2.07. The van der Waals surface area contributed by atoms with Crippen molar-refractivity contribution in [1.82, 2.24) is 0 Å². The first-order chi connectivity index (χ1) is 8.24. The number of halogens is 1. The summed E-state index contributed by atoms with van der Waals surface area (Å²) >= 11 is 3.47. The Kier molecular flexibility index (Phi) is 4.01. The molecule has 0 aliphatic rings. The summed E-state index contributed by atoms with van der Waals surface area (Å²) < 4.78 is 0. The molecule has 2 aromatic rings. The third kappa shape index (κ3) is 2.78. The van der Waals surface area contributed by atoms with Gasteiger partial charge in [-0.15, -0.1) is 0 Å². The fraction of sp³-hybridized carbons (Fsp3) is 0.250. The van der Waals surface area contributed by atoms with Crippen LogP contribution in [0.1, 0.15) is 23.6 Å². The molecule has 0 aromatic heterocycles. The van der Waals surface area contributed by atoms with Gasteiger partial charge in [-0.05, 0) is 41.2 Å². The van der Waals surface area contributed by atoms with E-state index in [-0.39, 0.29) is 0 Å². The van der Waals surface area contributed by atoms with Crippen molar-refractivity contribution in [3.8, 4) is 11.1 Å². The Hall–Kier alpha value is -1.08. The molecule has 0 saturated carbocycles. The SMILES string of the molecule is CCc1ccc(-c2ccc(CBr)cc2)cc1C. The van der Waals surface area contributed by atoms with E-state index in [0.717, 1.165) is 11.8 Å². The lowest BCUT2D eigenvalue weighted by Crippen LogP contribution is -1.87. The largest absolute Gasteiger partial charge is 0.0876 e. The number of aryl methyl sites for hydroxylation is 2. The summed E-state index contributed by atoms with van der Waals surface area (Å²) in [7, 11) is 0. The van der Waals surface area contributed by atoms with Gasteiger partial charge in [0.05, 0.1) is 0 Å². The Bertz CT molecular complexity index is 497. The standard InChI is InChI=1S/C16H17Br/c1-3-14-8-9-16(10-12(14)2)15-6-4-13(11-17)5-7-15/h4-10H,3,11H2,1-2H3. The highest BCUT2D eigenvalue weighted by atomic mass is 79.9. The minimum absolute atomic E-state index is 0.918. The molecule has 0 aliphatic heterocycles. The summed E-state index contributed by atoms with van der Waals surface area (Å²) in [6, 6.07) is 15.5. The molecule has 0 saturated heterocycles. The Morgan fingerprint density at radius 2 is 1.59 bits per heavy atom. The fourth-order valence-corrected chi connectivity index (χ4v) is 2.43. The van der Waals surface area contributed by atoms with E-state index in [1.807, 2.05) is 0 Å². The highest BCUT2D eigenvalue weighted by Gasteiger charge is 2.01. The van der Waals surface area contributed by atoms with Crippen LogP contribution in [0.2, 0.25) is 0 Å². The summed E-state index contributed by atoms with van der Waals surface area (Å²) in [5.74, 6) is 0. The van der Waals surface area contributed by atoms with Crippen LogP contribution in [0.25, 0.3) is 11.1 Å². The van der Waals surface area contributed by atoms with Crippen molar-refractivity contribution in [2.75, 3.05) is 0 Å². The van der Waals surface area contributed by atoms with Gasteiger partial charge in [-0.3, -0.25) is 0 Å². The van der Waals surface area contributed by atoms with E-state index < -0.39 is 0 Å². The second kappa shape index (κ2) is 5.50. The molecule has 17 heavy (non-hydrogen) atoms. The highest BCUT2D eigenvalue weighted by Crippen LogP contribution is 2.23. The smallest absolute Gasteiger partial charge is 0.0283 e. The van der Waals surface area contributed by atoms with Crippen molar-refractivity contribution >= 4 is 15.9 Å². The van der Waals surface area contributed by atoms with Gasteiger partial charge in [-0.1, -0.05) is 65.3 Å². The highest BCUT2D eigenvalue weighted by molar-refractivity contribution is 9.08. The number of rotatable bonds is 3. The number of alkyl halides is 1. The van der Waals surface area contributed by atoms with Crippen molar-refractivity contribution in [2.24, 2.45) is 0 Å². The van der Waals surface area contributed by atoms with Crippen LogP contribution >= 0.6 is 15.9 Å². The third-order valence-electron chi connectivity index (χ3n) is 3.17. The van der Waals surface area contributed by atoms with Crippen LogP contribution < -0.4 is 0 Å². The number of hydrogen-bond acceptors (Lipinski definition) is 0. The van der Waals surface area contributed by atoms with Crippen LogP contribution in [0.5, 0.6) is 0 Å². The van der Waals surface area contributed by atoms with Crippen molar-refractivity contribution in [1.29, 1.82) is 0 Å². The van der Waals surface area contributed by atoms with Gasteiger partial charge < -0.3 is 0 Å². The number of benzene rings is 2. The summed E-state index contributed by atoms with van der Waals surface area (Å²) in [6.07, 6.45) is 1.11. The molecule has 1 heteroatoms. The average molecular weight is 289 g/mol.